The zero-order valence-corrected chi connectivity index (χ0v) is 17.9. The van der Waals surface area contributed by atoms with Gasteiger partial charge in [0.2, 0.25) is 15.8 Å². The molecule has 8 heteroatoms. The van der Waals surface area contributed by atoms with E-state index in [0.29, 0.717) is 18.8 Å². The minimum atomic E-state index is -3.73. The van der Waals surface area contributed by atoms with Crippen molar-refractivity contribution in [2.45, 2.75) is 31.3 Å². The molecule has 30 heavy (non-hydrogen) atoms. The average molecular weight is 432 g/mol. The van der Waals surface area contributed by atoms with Crippen LogP contribution in [0.15, 0.2) is 53.4 Å². The summed E-state index contributed by atoms with van der Waals surface area (Å²) in [6.45, 7) is 4.72. The molecule has 160 valence electrons. The van der Waals surface area contributed by atoms with Crippen LogP contribution in [-0.2, 0) is 25.9 Å². The molecule has 1 fully saturated rings. The number of benzene rings is 2. The Bertz CT molecular complexity index is 1010. The summed E-state index contributed by atoms with van der Waals surface area (Å²) in [4.78, 5) is 25.1. The van der Waals surface area contributed by atoms with E-state index < -0.39 is 22.1 Å². The van der Waals surface area contributed by atoms with Gasteiger partial charge < -0.3 is 9.47 Å². The molecule has 0 saturated carbocycles. The van der Waals surface area contributed by atoms with Crippen LogP contribution in [-0.4, -0.2) is 56.9 Å². The Morgan fingerprint density at radius 1 is 1.07 bits per heavy atom. The van der Waals surface area contributed by atoms with Crippen LogP contribution in [0.4, 0.5) is 0 Å². The van der Waals surface area contributed by atoms with E-state index in [1.54, 1.807) is 12.1 Å². The second kappa shape index (κ2) is 9.51. The second-order valence-electron chi connectivity index (χ2n) is 7.01. The number of morpholine rings is 1. The number of sulfonamides is 1. The summed E-state index contributed by atoms with van der Waals surface area (Å²) in [6.07, 6.45) is -0.132. The van der Waals surface area contributed by atoms with E-state index in [0.717, 1.165) is 12.0 Å². The standard InChI is InChI=1S/C22H25NO6S/c1-3-17-7-9-18(10-8-17)21(24)16(2)29-22(25)19-5-4-6-20(15-19)30(26,27)23-11-13-28-14-12-23/h4-10,15-16H,3,11-14H2,1-2H3. The SMILES string of the molecule is CCc1ccc(C(=O)C(C)OC(=O)c2cccc(S(=O)(=O)N3CCOCC3)c2)cc1. The van der Waals surface area contributed by atoms with E-state index in [2.05, 4.69) is 0 Å². The number of carbonyl (C=O) groups excluding carboxylic acids is 2. The number of aryl methyl sites for hydroxylation is 1. The van der Waals surface area contributed by atoms with Crippen molar-refractivity contribution in [3.63, 3.8) is 0 Å². The summed E-state index contributed by atoms with van der Waals surface area (Å²) in [7, 11) is -3.73. The lowest BCUT2D eigenvalue weighted by atomic mass is 10.0. The molecule has 0 N–H and O–H groups in total. The highest BCUT2D eigenvalue weighted by Gasteiger charge is 2.27. The van der Waals surface area contributed by atoms with Gasteiger partial charge in [0.1, 0.15) is 0 Å². The van der Waals surface area contributed by atoms with Gasteiger partial charge in [-0.2, -0.15) is 4.31 Å². The van der Waals surface area contributed by atoms with Gasteiger partial charge in [0.15, 0.2) is 6.10 Å². The predicted molar refractivity (Wildman–Crippen MR) is 111 cm³/mol. The lowest BCUT2D eigenvalue weighted by molar-refractivity contribution is 0.0318. The van der Waals surface area contributed by atoms with Gasteiger partial charge in [0, 0.05) is 18.7 Å². The number of hydrogen-bond acceptors (Lipinski definition) is 6. The summed E-state index contributed by atoms with van der Waals surface area (Å²) < 4.78 is 37.4. The van der Waals surface area contributed by atoms with Crippen molar-refractivity contribution in [1.29, 1.82) is 0 Å². The normalized spacial score (nSPS) is 16.1. The maximum Gasteiger partial charge on any atom is 0.338 e. The first-order valence-corrected chi connectivity index (χ1v) is 11.3. The molecule has 0 bridgehead atoms. The van der Waals surface area contributed by atoms with Crippen molar-refractivity contribution in [1.82, 2.24) is 4.31 Å². The molecule has 1 unspecified atom stereocenters. The quantitative estimate of drug-likeness (QED) is 0.495. The molecule has 3 rings (SSSR count). The number of hydrogen-bond donors (Lipinski definition) is 0. The van der Waals surface area contributed by atoms with Gasteiger partial charge in [-0.05, 0) is 37.1 Å². The fourth-order valence-corrected chi connectivity index (χ4v) is 4.60. The van der Waals surface area contributed by atoms with E-state index in [1.807, 2.05) is 19.1 Å². The molecule has 0 spiro atoms. The molecule has 1 heterocycles. The zero-order chi connectivity index (χ0) is 21.7. The zero-order valence-electron chi connectivity index (χ0n) is 17.0. The summed E-state index contributed by atoms with van der Waals surface area (Å²) in [5, 5.41) is 0. The average Bonchev–Trinajstić information content (AvgIpc) is 2.79. The Labute approximate surface area is 176 Å². The van der Waals surface area contributed by atoms with E-state index in [9.17, 15) is 18.0 Å². The van der Waals surface area contributed by atoms with Crippen LogP contribution in [0.5, 0.6) is 0 Å². The lowest BCUT2D eigenvalue weighted by Gasteiger charge is -2.26. The Balaban J connectivity index is 1.72. The van der Waals surface area contributed by atoms with Crippen molar-refractivity contribution in [2.24, 2.45) is 0 Å². The fourth-order valence-electron chi connectivity index (χ4n) is 3.14. The highest BCUT2D eigenvalue weighted by Crippen LogP contribution is 2.19. The number of rotatable bonds is 7. The Hall–Kier alpha value is -2.55. The molecule has 2 aromatic carbocycles. The molecule has 2 aromatic rings. The lowest BCUT2D eigenvalue weighted by Crippen LogP contribution is -2.40. The molecule has 1 atom stereocenters. The maximum absolute atomic E-state index is 12.8. The fraction of sp³-hybridized carbons (Fsp3) is 0.364. The molecule has 0 aliphatic carbocycles. The van der Waals surface area contributed by atoms with Crippen LogP contribution in [0, 0.1) is 0 Å². The number of nitrogens with zero attached hydrogens (tertiary/aromatic N) is 1. The monoisotopic (exact) mass is 431 g/mol. The first-order chi connectivity index (χ1) is 14.3. The van der Waals surface area contributed by atoms with Gasteiger partial charge in [0.25, 0.3) is 0 Å². The topological polar surface area (TPSA) is 90.0 Å². The minimum Gasteiger partial charge on any atom is -0.451 e. The summed E-state index contributed by atoms with van der Waals surface area (Å²) >= 11 is 0. The van der Waals surface area contributed by atoms with E-state index in [4.69, 9.17) is 9.47 Å². The van der Waals surface area contributed by atoms with Crippen molar-refractivity contribution in [3.05, 3.63) is 65.2 Å². The molecule has 0 aromatic heterocycles. The van der Waals surface area contributed by atoms with Gasteiger partial charge in [-0.15, -0.1) is 0 Å². The molecule has 1 aliphatic heterocycles. The first-order valence-electron chi connectivity index (χ1n) is 9.85. The Kier molecular flexibility index (Phi) is 7.02. The van der Waals surface area contributed by atoms with Crippen molar-refractivity contribution in [3.8, 4) is 0 Å². The van der Waals surface area contributed by atoms with Gasteiger partial charge in [-0.25, -0.2) is 13.2 Å². The summed E-state index contributed by atoms with van der Waals surface area (Å²) in [5.41, 5.74) is 1.64. The van der Waals surface area contributed by atoms with Crippen LogP contribution in [0.1, 0.15) is 40.1 Å². The van der Waals surface area contributed by atoms with Crippen LogP contribution < -0.4 is 0 Å². The van der Waals surface area contributed by atoms with Crippen LogP contribution in [0.25, 0.3) is 0 Å². The minimum absolute atomic E-state index is 0.00739. The smallest absolute Gasteiger partial charge is 0.338 e. The molecule has 1 aliphatic rings. The molecule has 0 amide bonds. The second-order valence-corrected chi connectivity index (χ2v) is 8.94. The third-order valence-electron chi connectivity index (χ3n) is 4.98. The van der Waals surface area contributed by atoms with Gasteiger partial charge in [-0.1, -0.05) is 37.3 Å². The van der Waals surface area contributed by atoms with Crippen molar-refractivity contribution in [2.75, 3.05) is 26.3 Å². The molecule has 0 radical (unpaired) electrons. The number of carbonyl (C=O) groups is 2. The summed E-state index contributed by atoms with van der Waals surface area (Å²) in [6, 6.07) is 12.8. The molecule has 1 saturated heterocycles. The van der Waals surface area contributed by atoms with Crippen LogP contribution in [0.2, 0.25) is 0 Å². The van der Waals surface area contributed by atoms with Gasteiger partial charge >= 0.3 is 5.97 Å². The number of esters is 1. The third kappa shape index (κ3) is 4.95. The number of Topliss-reactive ketones (excluding diaryl/α,β-unsaturated/α-hetero) is 1. The molecule has 7 nitrogen and oxygen atoms in total. The highest BCUT2D eigenvalue weighted by atomic mass is 32.2. The molecular formula is C22H25NO6S. The van der Waals surface area contributed by atoms with Crippen LogP contribution >= 0.6 is 0 Å². The predicted octanol–water partition coefficient (Wildman–Crippen LogP) is 2.70. The maximum atomic E-state index is 12.8. The van der Waals surface area contributed by atoms with E-state index >= 15 is 0 Å². The Morgan fingerprint density at radius 3 is 2.37 bits per heavy atom. The largest absolute Gasteiger partial charge is 0.451 e. The van der Waals surface area contributed by atoms with Gasteiger partial charge in [0.05, 0.1) is 23.7 Å². The van der Waals surface area contributed by atoms with E-state index in [-0.39, 0.29) is 29.3 Å². The van der Waals surface area contributed by atoms with Crippen molar-refractivity contribution < 1.29 is 27.5 Å². The number of ether oxygens (including phenoxy) is 2. The number of ketones is 1. The van der Waals surface area contributed by atoms with E-state index in [1.165, 1.54) is 35.5 Å². The third-order valence-corrected chi connectivity index (χ3v) is 6.87. The highest BCUT2D eigenvalue weighted by molar-refractivity contribution is 7.89. The summed E-state index contributed by atoms with van der Waals surface area (Å²) in [5.74, 6) is -1.07. The first kappa shape index (κ1) is 22.1. The molecular weight excluding hydrogens is 406 g/mol. The van der Waals surface area contributed by atoms with Gasteiger partial charge in [-0.3, -0.25) is 4.79 Å². The Morgan fingerprint density at radius 2 is 1.73 bits per heavy atom. The van der Waals surface area contributed by atoms with Crippen molar-refractivity contribution >= 4 is 21.8 Å². The van der Waals surface area contributed by atoms with Crippen LogP contribution in [0.3, 0.4) is 0 Å².